The van der Waals surface area contributed by atoms with Gasteiger partial charge in [0.2, 0.25) is 5.91 Å². The second-order valence-corrected chi connectivity index (χ2v) is 3.78. The standard InChI is InChI=1S/C13H17NO3/c1-4-17-13(16)8-12(15)14-11-7-5-6-9(2)10(11)3/h5-7H,4,8H2,1-3H3,(H,14,15). The van der Waals surface area contributed by atoms with E-state index in [1.165, 1.54) is 0 Å². The molecule has 1 N–H and O–H groups in total. The molecule has 1 aromatic carbocycles. The number of aryl methyl sites for hydroxylation is 1. The van der Waals surface area contributed by atoms with Gasteiger partial charge in [-0.3, -0.25) is 9.59 Å². The Morgan fingerprint density at radius 3 is 2.65 bits per heavy atom. The molecule has 0 aromatic heterocycles. The lowest BCUT2D eigenvalue weighted by Gasteiger charge is -2.09. The number of anilines is 1. The lowest BCUT2D eigenvalue weighted by atomic mass is 10.1. The number of esters is 1. The van der Waals surface area contributed by atoms with E-state index in [1.54, 1.807) is 6.92 Å². The Kier molecular flexibility index (Phi) is 4.69. The molecule has 0 atom stereocenters. The molecule has 0 bridgehead atoms. The lowest BCUT2D eigenvalue weighted by Crippen LogP contribution is -2.18. The molecule has 0 saturated heterocycles. The Labute approximate surface area is 101 Å². The second-order valence-electron chi connectivity index (χ2n) is 3.78. The third-order valence-corrected chi connectivity index (χ3v) is 2.49. The topological polar surface area (TPSA) is 55.4 Å². The molecule has 0 radical (unpaired) electrons. The van der Waals surface area contributed by atoms with Crippen molar-refractivity contribution in [3.63, 3.8) is 0 Å². The first-order chi connectivity index (χ1) is 8.04. The molecule has 4 nitrogen and oxygen atoms in total. The van der Waals surface area contributed by atoms with Crippen molar-refractivity contribution in [2.24, 2.45) is 0 Å². The Balaban J connectivity index is 2.62. The molecule has 1 aromatic rings. The summed E-state index contributed by atoms with van der Waals surface area (Å²) >= 11 is 0. The molecule has 0 aliphatic rings. The van der Waals surface area contributed by atoms with Crippen molar-refractivity contribution in [2.75, 3.05) is 11.9 Å². The van der Waals surface area contributed by atoms with Gasteiger partial charge in [0.1, 0.15) is 6.42 Å². The fraction of sp³-hybridized carbons (Fsp3) is 0.385. The van der Waals surface area contributed by atoms with Gasteiger partial charge in [-0.05, 0) is 38.0 Å². The molecule has 17 heavy (non-hydrogen) atoms. The summed E-state index contributed by atoms with van der Waals surface area (Å²) in [5.74, 6) is -0.854. The highest BCUT2D eigenvalue weighted by Gasteiger charge is 2.11. The molecule has 1 amide bonds. The summed E-state index contributed by atoms with van der Waals surface area (Å²) in [6.45, 7) is 5.89. The van der Waals surface area contributed by atoms with Crippen molar-refractivity contribution in [3.05, 3.63) is 29.3 Å². The van der Waals surface area contributed by atoms with E-state index < -0.39 is 5.97 Å². The number of amides is 1. The first-order valence-corrected chi connectivity index (χ1v) is 5.56. The van der Waals surface area contributed by atoms with Crippen LogP contribution in [0.15, 0.2) is 18.2 Å². The van der Waals surface area contributed by atoms with E-state index >= 15 is 0 Å². The van der Waals surface area contributed by atoms with Gasteiger partial charge in [-0.1, -0.05) is 12.1 Å². The van der Waals surface area contributed by atoms with Crippen molar-refractivity contribution >= 4 is 17.6 Å². The molecule has 4 heteroatoms. The molecule has 1 rings (SSSR count). The Morgan fingerprint density at radius 1 is 1.29 bits per heavy atom. The Hall–Kier alpha value is -1.84. The first kappa shape index (κ1) is 13.2. The number of nitrogens with one attached hydrogen (secondary N) is 1. The van der Waals surface area contributed by atoms with E-state index in [4.69, 9.17) is 4.74 Å². The van der Waals surface area contributed by atoms with Crippen molar-refractivity contribution in [3.8, 4) is 0 Å². The van der Waals surface area contributed by atoms with Crippen LogP contribution in [0.4, 0.5) is 5.69 Å². The van der Waals surface area contributed by atoms with Crippen molar-refractivity contribution < 1.29 is 14.3 Å². The summed E-state index contributed by atoms with van der Waals surface area (Å²) in [7, 11) is 0. The first-order valence-electron chi connectivity index (χ1n) is 5.56. The Morgan fingerprint density at radius 2 is 2.00 bits per heavy atom. The molecule has 0 heterocycles. The number of hydrogen-bond acceptors (Lipinski definition) is 3. The highest BCUT2D eigenvalue weighted by Crippen LogP contribution is 2.17. The molecular weight excluding hydrogens is 218 g/mol. The minimum Gasteiger partial charge on any atom is -0.466 e. The van der Waals surface area contributed by atoms with Crippen LogP contribution in [0.5, 0.6) is 0 Å². The van der Waals surface area contributed by atoms with Gasteiger partial charge in [0.05, 0.1) is 6.61 Å². The maximum absolute atomic E-state index is 11.5. The number of rotatable bonds is 4. The van der Waals surface area contributed by atoms with Gasteiger partial charge in [-0.15, -0.1) is 0 Å². The van der Waals surface area contributed by atoms with Crippen LogP contribution in [0, 0.1) is 13.8 Å². The SMILES string of the molecule is CCOC(=O)CC(=O)Nc1cccc(C)c1C. The normalized spacial score (nSPS) is 9.82. The number of carbonyl (C=O) groups is 2. The van der Waals surface area contributed by atoms with Crippen LogP contribution in [0.1, 0.15) is 24.5 Å². The van der Waals surface area contributed by atoms with Gasteiger partial charge < -0.3 is 10.1 Å². The largest absolute Gasteiger partial charge is 0.466 e. The lowest BCUT2D eigenvalue weighted by molar-refractivity contribution is -0.145. The minimum atomic E-state index is -0.504. The predicted octanol–water partition coefficient (Wildman–Crippen LogP) is 2.20. The molecule has 0 spiro atoms. The van der Waals surface area contributed by atoms with Crippen LogP contribution in [0.25, 0.3) is 0 Å². The van der Waals surface area contributed by atoms with Crippen molar-refractivity contribution in [1.82, 2.24) is 0 Å². The highest BCUT2D eigenvalue weighted by atomic mass is 16.5. The van der Waals surface area contributed by atoms with Crippen molar-refractivity contribution in [2.45, 2.75) is 27.2 Å². The average Bonchev–Trinajstić information content (AvgIpc) is 2.25. The minimum absolute atomic E-state index is 0.249. The number of ether oxygens (including phenoxy) is 1. The molecule has 0 unspecified atom stereocenters. The summed E-state index contributed by atoms with van der Waals surface area (Å²) < 4.78 is 4.70. The summed E-state index contributed by atoms with van der Waals surface area (Å²) in [6, 6.07) is 5.64. The summed E-state index contributed by atoms with van der Waals surface area (Å²) in [6.07, 6.45) is -0.249. The van der Waals surface area contributed by atoms with E-state index in [0.29, 0.717) is 0 Å². The van der Waals surface area contributed by atoms with E-state index in [0.717, 1.165) is 16.8 Å². The second kappa shape index (κ2) is 6.03. The average molecular weight is 235 g/mol. The molecule has 0 saturated carbocycles. The van der Waals surface area contributed by atoms with E-state index in [1.807, 2.05) is 32.0 Å². The van der Waals surface area contributed by atoms with Gasteiger partial charge in [0.25, 0.3) is 0 Å². The highest BCUT2D eigenvalue weighted by molar-refractivity contribution is 6.02. The fourth-order valence-electron chi connectivity index (χ4n) is 1.42. The number of benzene rings is 1. The van der Waals surface area contributed by atoms with Gasteiger partial charge in [0, 0.05) is 5.69 Å². The van der Waals surface area contributed by atoms with Crippen LogP contribution in [0.3, 0.4) is 0 Å². The molecule has 92 valence electrons. The third kappa shape index (κ3) is 3.90. The van der Waals surface area contributed by atoms with E-state index in [9.17, 15) is 9.59 Å². The monoisotopic (exact) mass is 235 g/mol. The fourth-order valence-corrected chi connectivity index (χ4v) is 1.42. The van der Waals surface area contributed by atoms with Crippen LogP contribution in [-0.4, -0.2) is 18.5 Å². The smallest absolute Gasteiger partial charge is 0.315 e. The van der Waals surface area contributed by atoms with Crippen LogP contribution in [0.2, 0.25) is 0 Å². The zero-order valence-electron chi connectivity index (χ0n) is 10.4. The van der Waals surface area contributed by atoms with Crippen LogP contribution >= 0.6 is 0 Å². The van der Waals surface area contributed by atoms with E-state index in [-0.39, 0.29) is 18.9 Å². The predicted molar refractivity (Wildman–Crippen MR) is 65.8 cm³/mol. The summed E-state index contributed by atoms with van der Waals surface area (Å²) in [5.41, 5.74) is 2.84. The Bertz CT molecular complexity index is 427. The van der Waals surface area contributed by atoms with Crippen molar-refractivity contribution in [1.29, 1.82) is 0 Å². The summed E-state index contributed by atoms with van der Waals surface area (Å²) in [5, 5.41) is 2.70. The molecular formula is C13H17NO3. The maximum Gasteiger partial charge on any atom is 0.315 e. The van der Waals surface area contributed by atoms with Gasteiger partial charge in [0.15, 0.2) is 0 Å². The van der Waals surface area contributed by atoms with Gasteiger partial charge in [-0.2, -0.15) is 0 Å². The molecule has 0 aliphatic heterocycles. The van der Waals surface area contributed by atoms with Gasteiger partial charge in [-0.25, -0.2) is 0 Å². The third-order valence-electron chi connectivity index (χ3n) is 2.49. The zero-order chi connectivity index (χ0) is 12.8. The molecule has 0 aliphatic carbocycles. The number of carbonyl (C=O) groups excluding carboxylic acids is 2. The van der Waals surface area contributed by atoms with Crippen LogP contribution < -0.4 is 5.32 Å². The van der Waals surface area contributed by atoms with E-state index in [2.05, 4.69) is 5.32 Å². The quantitative estimate of drug-likeness (QED) is 0.643. The molecule has 0 fully saturated rings. The van der Waals surface area contributed by atoms with Gasteiger partial charge >= 0.3 is 5.97 Å². The van der Waals surface area contributed by atoms with Crippen LogP contribution in [-0.2, 0) is 14.3 Å². The summed E-state index contributed by atoms with van der Waals surface area (Å²) in [4.78, 5) is 22.7. The zero-order valence-corrected chi connectivity index (χ0v) is 10.4. The maximum atomic E-state index is 11.5. The number of hydrogen-bond donors (Lipinski definition) is 1.